The second-order valence-electron chi connectivity index (χ2n) is 3.85. The molecule has 1 heterocycles. The van der Waals surface area contributed by atoms with Gasteiger partial charge in [-0.15, -0.1) is 0 Å². The molecule has 0 spiro atoms. The molecule has 0 aliphatic rings. The smallest absolute Gasteiger partial charge is 0.187 e. The van der Waals surface area contributed by atoms with Gasteiger partial charge in [-0.25, -0.2) is 9.97 Å². The standard InChI is InChI=1S/C11H18N2S2/c1-8(2)7-15-11-12-6-5-10(13-11)9(3)14-4/h5-6,8-9H,7H2,1-4H3. The Kier molecular flexibility index (Phi) is 5.47. The molecule has 1 rings (SSSR count). The minimum absolute atomic E-state index is 0.450. The normalized spacial score (nSPS) is 13.1. The predicted molar refractivity (Wildman–Crippen MR) is 69.5 cm³/mol. The molecule has 2 nitrogen and oxygen atoms in total. The molecule has 1 unspecified atom stereocenters. The lowest BCUT2D eigenvalue weighted by atomic mass is 10.3. The Morgan fingerprint density at radius 2 is 2.07 bits per heavy atom. The molecule has 0 aliphatic carbocycles. The number of nitrogens with zero attached hydrogens (tertiary/aromatic N) is 2. The number of thioether (sulfide) groups is 2. The molecule has 0 radical (unpaired) electrons. The SMILES string of the molecule is CSC(C)c1ccnc(SCC(C)C)n1. The first-order valence-corrected chi connectivity index (χ1v) is 7.39. The highest BCUT2D eigenvalue weighted by atomic mass is 32.2. The molecule has 4 heteroatoms. The molecule has 0 fully saturated rings. The van der Waals surface area contributed by atoms with Gasteiger partial charge in [0.2, 0.25) is 0 Å². The predicted octanol–water partition coefficient (Wildman–Crippen LogP) is 3.65. The van der Waals surface area contributed by atoms with Crippen molar-refractivity contribution < 1.29 is 0 Å². The highest BCUT2D eigenvalue weighted by Gasteiger charge is 2.07. The Hall–Kier alpha value is -0.220. The van der Waals surface area contributed by atoms with Crippen LogP contribution in [-0.2, 0) is 0 Å². The van der Waals surface area contributed by atoms with Crippen molar-refractivity contribution in [2.45, 2.75) is 31.2 Å². The molecule has 0 bridgehead atoms. The summed E-state index contributed by atoms with van der Waals surface area (Å²) in [6, 6.07) is 2.00. The fraction of sp³-hybridized carbons (Fsp3) is 0.636. The molecule has 0 aromatic carbocycles. The molecule has 0 N–H and O–H groups in total. The molecule has 0 amide bonds. The van der Waals surface area contributed by atoms with Crippen molar-refractivity contribution >= 4 is 23.5 Å². The van der Waals surface area contributed by atoms with Crippen LogP contribution >= 0.6 is 23.5 Å². The van der Waals surface area contributed by atoms with E-state index in [1.807, 2.05) is 24.0 Å². The number of rotatable bonds is 5. The van der Waals surface area contributed by atoms with Crippen molar-refractivity contribution in [2.24, 2.45) is 5.92 Å². The molecule has 0 saturated heterocycles. The zero-order chi connectivity index (χ0) is 11.3. The summed E-state index contributed by atoms with van der Waals surface area (Å²) in [6.45, 7) is 6.59. The van der Waals surface area contributed by atoms with E-state index in [1.54, 1.807) is 11.8 Å². The molecule has 0 saturated carbocycles. The van der Waals surface area contributed by atoms with Gasteiger partial charge in [0.05, 0.1) is 5.69 Å². The van der Waals surface area contributed by atoms with E-state index in [0.717, 1.165) is 16.6 Å². The van der Waals surface area contributed by atoms with Gasteiger partial charge >= 0.3 is 0 Å². The van der Waals surface area contributed by atoms with Gasteiger partial charge in [0.1, 0.15) is 0 Å². The summed E-state index contributed by atoms with van der Waals surface area (Å²) in [5.74, 6) is 1.76. The van der Waals surface area contributed by atoms with Crippen LogP contribution in [0.2, 0.25) is 0 Å². The van der Waals surface area contributed by atoms with Gasteiger partial charge in [-0.05, 0) is 25.2 Å². The lowest BCUT2D eigenvalue weighted by molar-refractivity contribution is 0.746. The van der Waals surface area contributed by atoms with Crippen LogP contribution in [0.25, 0.3) is 0 Å². The van der Waals surface area contributed by atoms with E-state index >= 15 is 0 Å². The van der Waals surface area contributed by atoms with Crippen molar-refractivity contribution in [2.75, 3.05) is 12.0 Å². The van der Waals surface area contributed by atoms with Crippen LogP contribution in [0.15, 0.2) is 17.4 Å². The molecule has 1 aromatic heterocycles. The van der Waals surface area contributed by atoms with Crippen LogP contribution in [0.1, 0.15) is 31.7 Å². The first kappa shape index (κ1) is 12.8. The third-order valence-corrected chi connectivity index (χ3v) is 4.21. The van der Waals surface area contributed by atoms with E-state index in [9.17, 15) is 0 Å². The molecule has 15 heavy (non-hydrogen) atoms. The largest absolute Gasteiger partial charge is 0.231 e. The lowest BCUT2D eigenvalue weighted by Gasteiger charge is -2.08. The van der Waals surface area contributed by atoms with Gasteiger partial charge in [-0.2, -0.15) is 11.8 Å². The molecule has 1 aromatic rings. The summed E-state index contributed by atoms with van der Waals surface area (Å²) >= 11 is 3.55. The van der Waals surface area contributed by atoms with E-state index in [1.165, 1.54) is 0 Å². The van der Waals surface area contributed by atoms with Crippen molar-refractivity contribution in [1.82, 2.24) is 9.97 Å². The van der Waals surface area contributed by atoms with E-state index in [0.29, 0.717) is 11.2 Å². The Bertz CT molecular complexity index is 302. The van der Waals surface area contributed by atoms with E-state index in [4.69, 9.17) is 0 Å². The van der Waals surface area contributed by atoms with E-state index < -0.39 is 0 Å². The van der Waals surface area contributed by atoms with E-state index in [2.05, 4.69) is 37.0 Å². The number of hydrogen-bond donors (Lipinski definition) is 0. The van der Waals surface area contributed by atoms with Gasteiger partial charge in [0.25, 0.3) is 0 Å². The van der Waals surface area contributed by atoms with Crippen LogP contribution in [0, 0.1) is 5.92 Å². The minimum atomic E-state index is 0.450. The zero-order valence-corrected chi connectivity index (χ0v) is 11.4. The highest BCUT2D eigenvalue weighted by molar-refractivity contribution is 7.99. The van der Waals surface area contributed by atoms with Crippen LogP contribution < -0.4 is 0 Å². The van der Waals surface area contributed by atoms with Crippen LogP contribution in [0.5, 0.6) is 0 Å². The maximum absolute atomic E-state index is 4.55. The maximum atomic E-state index is 4.55. The van der Waals surface area contributed by atoms with E-state index in [-0.39, 0.29) is 0 Å². The lowest BCUT2D eigenvalue weighted by Crippen LogP contribution is -1.98. The summed E-state index contributed by atoms with van der Waals surface area (Å²) in [7, 11) is 0. The summed E-state index contributed by atoms with van der Waals surface area (Å²) in [5, 5.41) is 1.36. The highest BCUT2D eigenvalue weighted by Crippen LogP contribution is 2.25. The maximum Gasteiger partial charge on any atom is 0.187 e. The minimum Gasteiger partial charge on any atom is -0.231 e. The monoisotopic (exact) mass is 242 g/mol. The third-order valence-electron chi connectivity index (χ3n) is 1.97. The average molecular weight is 242 g/mol. The Morgan fingerprint density at radius 3 is 2.67 bits per heavy atom. The fourth-order valence-corrected chi connectivity index (χ4v) is 2.17. The summed E-state index contributed by atoms with van der Waals surface area (Å²) in [6.07, 6.45) is 3.96. The average Bonchev–Trinajstić information content (AvgIpc) is 2.25. The molecular formula is C11H18N2S2. The number of aromatic nitrogens is 2. The Labute approximate surface area is 101 Å². The Balaban J connectivity index is 2.65. The second kappa shape index (κ2) is 6.38. The van der Waals surface area contributed by atoms with Crippen molar-refractivity contribution in [3.63, 3.8) is 0 Å². The van der Waals surface area contributed by atoms with Gasteiger partial charge in [0.15, 0.2) is 5.16 Å². The fourth-order valence-electron chi connectivity index (χ4n) is 1.01. The van der Waals surface area contributed by atoms with Gasteiger partial charge < -0.3 is 0 Å². The third kappa shape index (κ3) is 4.43. The van der Waals surface area contributed by atoms with Gasteiger partial charge in [-0.3, -0.25) is 0 Å². The summed E-state index contributed by atoms with van der Waals surface area (Å²) in [4.78, 5) is 8.82. The van der Waals surface area contributed by atoms with Crippen molar-refractivity contribution in [3.8, 4) is 0 Å². The molecule has 1 atom stereocenters. The first-order valence-electron chi connectivity index (χ1n) is 5.12. The van der Waals surface area contributed by atoms with Gasteiger partial charge in [-0.1, -0.05) is 25.6 Å². The molecular weight excluding hydrogens is 224 g/mol. The van der Waals surface area contributed by atoms with Gasteiger partial charge in [0, 0.05) is 17.2 Å². The second-order valence-corrected chi connectivity index (χ2v) is 6.01. The Morgan fingerprint density at radius 1 is 1.33 bits per heavy atom. The number of hydrogen-bond acceptors (Lipinski definition) is 4. The van der Waals surface area contributed by atoms with Crippen molar-refractivity contribution in [3.05, 3.63) is 18.0 Å². The van der Waals surface area contributed by atoms with Crippen molar-refractivity contribution in [1.29, 1.82) is 0 Å². The van der Waals surface area contributed by atoms with Crippen LogP contribution in [0.4, 0.5) is 0 Å². The topological polar surface area (TPSA) is 25.8 Å². The van der Waals surface area contributed by atoms with Crippen LogP contribution in [0.3, 0.4) is 0 Å². The molecule has 0 aliphatic heterocycles. The summed E-state index contributed by atoms with van der Waals surface area (Å²) < 4.78 is 0. The first-order chi connectivity index (χ1) is 7.13. The zero-order valence-electron chi connectivity index (χ0n) is 9.73. The quantitative estimate of drug-likeness (QED) is 0.581. The molecule has 84 valence electrons. The summed E-state index contributed by atoms with van der Waals surface area (Å²) in [5.41, 5.74) is 1.13. The van der Waals surface area contributed by atoms with Crippen LogP contribution in [-0.4, -0.2) is 22.0 Å².